The number of aromatic amines is 1. The molecule has 0 fully saturated rings. The molecule has 2 aromatic rings. The predicted molar refractivity (Wildman–Crippen MR) is 422 cm³/mol. The molecule has 12 amide bonds. The number of hydrogen-bond acceptors (Lipinski definition) is 18. The second kappa shape index (κ2) is 49.4. The Bertz CT molecular complexity index is 3460. The number of benzene rings is 1. The Labute approximate surface area is 644 Å². The minimum absolute atomic E-state index is 0.00120. The largest absolute Gasteiger partial charge is 0.370 e. The van der Waals surface area contributed by atoms with Crippen molar-refractivity contribution in [2.75, 3.05) is 32.7 Å². The molecule has 39 heteroatoms. The fourth-order valence-electron chi connectivity index (χ4n) is 11.4. The first-order valence-electron chi connectivity index (χ1n) is 37.6. The zero-order valence-electron chi connectivity index (χ0n) is 65.7. The number of hydrogen-bond donors (Lipinski definition) is 23. The van der Waals surface area contributed by atoms with Crippen LogP contribution in [0, 0.1) is 29.6 Å². The molecular formula is C71H127N27O12. The number of nitrogens with two attached hydrogens (primary N) is 11. The molecule has 0 aliphatic heterocycles. The van der Waals surface area contributed by atoms with E-state index in [1.54, 1.807) is 73.7 Å². The van der Waals surface area contributed by atoms with E-state index in [0.717, 1.165) is 0 Å². The van der Waals surface area contributed by atoms with Gasteiger partial charge in [-0.3, -0.25) is 77.5 Å². The number of guanidine groups is 4. The van der Waals surface area contributed by atoms with Crippen LogP contribution in [0.3, 0.4) is 0 Å². The van der Waals surface area contributed by atoms with Crippen LogP contribution >= 0.6 is 0 Å². The van der Waals surface area contributed by atoms with Crippen molar-refractivity contribution in [1.29, 1.82) is 0 Å². The fourth-order valence-corrected chi connectivity index (χ4v) is 11.4. The number of amides is 12. The van der Waals surface area contributed by atoms with Gasteiger partial charge < -0.3 is 127 Å². The molecule has 618 valence electrons. The molecule has 0 bridgehead atoms. The molecular weight excluding hydrogens is 1420 g/mol. The van der Waals surface area contributed by atoms with Gasteiger partial charge in [-0.25, -0.2) is 0 Å². The maximum Gasteiger partial charge on any atom is 0.243 e. The summed E-state index contributed by atoms with van der Waals surface area (Å²) in [5.41, 5.74) is 63.3. The molecule has 0 saturated carbocycles. The van der Waals surface area contributed by atoms with Crippen molar-refractivity contribution in [3.05, 3.63) is 36.0 Å². The standard InChI is InChI=1S/C71H127N27O12/c1-12-39(9)54(98-63(106)50(33-36(3)4)94-60(103)48(26-19-31-85-70(79)80)91-64(107)52(73)37(5)6)66(109)93-46(23-16-28-72)58(101)88-41(11)57(100)96-53(38(7)8)65(108)92-49(27-20-32-86-71(81)82)61(104)97-55(40(10)13-2)67(110)95-51(34-42-35-87-44-22-15-14-21-43(42)44)62(105)90-47(25-18-30-84-69(77)78)59(102)89-45(56(74)99)24-17-29-83-68(75)76/h14-15,21-22,35-41,45-55,87H,12-13,16-20,23-34,72-73H2,1-11H3,(H2,74,99)(H,88,101)(H,89,102)(H,90,105)(H,91,107)(H,92,108)(H,93,109)(H,94,103)(H,95,110)(H,96,100)(H,97,104)(H,98,106)(H4,75,76,83)(H4,77,78,84)(H4,79,80,85)(H4,81,82,86)/t39-,40-,41-,45-,46-,47-,48-,49-,50-,51-,52-,53-,54-,55-/m0/s1. The van der Waals surface area contributed by atoms with Crippen LogP contribution in [0.15, 0.2) is 50.4 Å². The van der Waals surface area contributed by atoms with Gasteiger partial charge in [-0.05, 0) is 125 Å². The normalized spacial score (nSPS) is 15.1. The summed E-state index contributed by atoms with van der Waals surface area (Å²) in [7, 11) is 0. The maximum atomic E-state index is 15.0. The van der Waals surface area contributed by atoms with E-state index in [9.17, 15) is 57.5 Å². The van der Waals surface area contributed by atoms with Crippen molar-refractivity contribution in [3.63, 3.8) is 0 Å². The first-order valence-corrected chi connectivity index (χ1v) is 37.6. The number of primary amides is 1. The van der Waals surface area contributed by atoms with E-state index in [4.69, 9.17) is 63.1 Å². The molecule has 14 atom stereocenters. The molecule has 110 heavy (non-hydrogen) atoms. The monoisotopic (exact) mass is 1550 g/mol. The number of fused-ring (bicyclic) bond motifs is 1. The van der Waals surface area contributed by atoms with Crippen molar-refractivity contribution < 1.29 is 57.5 Å². The molecule has 0 radical (unpaired) electrons. The van der Waals surface area contributed by atoms with Crippen LogP contribution in [0.2, 0.25) is 0 Å². The summed E-state index contributed by atoms with van der Waals surface area (Å²) in [4.78, 5) is 190. The second-order valence-corrected chi connectivity index (χ2v) is 28.7. The first-order chi connectivity index (χ1) is 51.8. The lowest BCUT2D eigenvalue weighted by atomic mass is 9.96. The average molecular weight is 1550 g/mol. The van der Waals surface area contributed by atoms with Crippen molar-refractivity contribution in [2.24, 2.45) is 113 Å². The van der Waals surface area contributed by atoms with Crippen molar-refractivity contribution in [2.45, 2.75) is 239 Å². The van der Waals surface area contributed by atoms with Crippen molar-refractivity contribution in [1.82, 2.24) is 63.5 Å². The summed E-state index contributed by atoms with van der Waals surface area (Å²) >= 11 is 0. The summed E-state index contributed by atoms with van der Waals surface area (Å²) in [6, 6.07) is -8.28. The quantitative estimate of drug-likeness (QED) is 0.0168. The Hall–Kier alpha value is -10.6. The van der Waals surface area contributed by atoms with Crippen LogP contribution in [0.4, 0.5) is 0 Å². The zero-order valence-corrected chi connectivity index (χ0v) is 65.7. The molecule has 0 aliphatic rings. The Morgan fingerprint density at radius 1 is 0.391 bits per heavy atom. The number of carbonyl (C=O) groups is 12. The van der Waals surface area contributed by atoms with Crippen molar-refractivity contribution >= 4 is 106 Å². The van der Waals surface area contributed by atoms with Gasteiger partial charge in [-0.2, -0.15) is 0 Å². The second-order valence-electron chi connectivity index (χ2n) is 28.7. The highest BCUT2D eigenvalue weighted by molar-refractivity contribution is 6.00. The number of nitrogens with zero attached hydrogens (tertiary/aromatic N) is 4. The molecule has 1 heterocycles. The van der Waals surface area contributed by atoms with Gasteiger partial charge in [0, 0.05) is 49.7 Å². The number of nitrogens with one attached hydrogen (secondary N) is 12. The topological polar surface area (TPSA) is 689 Å². The average Bonchev–Trinajstić information content (AvgIpc) is 1.64. The van der Waals surface area contributed by atoms with Gasteiger partial charge in [0.1, 0.15) is 66.5 Å². The summed E-state index contributed by atoms with van der Waals surface area (Å²) < 4.78 is 0. The first kappa shape index (κ1) is 95.5. The molecule has 39 nitrogen and oxygen atoms in total. The predicted octanol–water partition coefficient (Wildman–Crippen LogP) is -4.72. The van der Waals surface area contributed by atoms with Crippen LogP contribution in [0.25, 0.3) is 10.9 Å². The third kappa shape index (κ3) is 34.7. The third-order valence-electron chi connectivity index (χ3n) is 18.3. The lowest BCUT2D eigenvalue weighted by molar-refractivity contribution is -0.137. The van der Waals surface area contributed by atoms with Crippen LogP contribution < -0.4 is 122 Å². The smallest absolute Gasteiger partial charge is 0.243 e. The number of aliphatic imine (C=N–C) groups is 4. The molecule has 34 N–H and O–H groups in total. The summed E-state index contributed by atoms with van der Waals surface area (Å²) in [5.74, 6) is -12.6. The van der Waals surface area contributed by atoms with Gasteiger partial charge in [0.15, 0.2) is 23.8 Å². The van der Waals surface area contributed by atoms with Crippen LogP contribution in [-0.2, 0) is 64.0 Å². The summed E-state index contributed by atoms with van der Waals surface area (Å²) in [5, 5.41) is 30.6. The minimum Gasteiger partial charge on any atom is -0.370 e. The Balaban J connectivity index is 2.54. The number of rotatable bonds is 52. The zero-order chi connectivity index (χ0) is 83.1. The van der Waals surface area contributed by atoms with Crippen LogP contribution in [-0.4, -0.2) is 205 Å². The number of H-pyrrole nitrogens is 1. The Kier molecular flexibility index (Phi) is 42.9. The summed E-state index contributed by atoms with van der Waals surface area (Å²) in [6.45, 7) is 19.1. The highest BCUT2D eigenvalue weighted by Crippen LogP contribution is 2.21. The van der Waals surface area contributed by atoms with E-state index < -0.39 is 161 Å². The molecule has 2 rings (SSSR count). The lowest BCUT2D eigenvalue weighted by Gasteiger charge is -2.30. The van der Waals surface area contributed by atoms with Gasteiger partial charge in [0.05, 0.1) is 6.04 Å². The minimum atomic E-state index is -1.45. The SMILES string of the molecule is CC[C@H](C)[C@H](NC(=O)[C@H](CC(C)C)NC(=O)[C@H](CCCN=C(N)N)NC(=O)[C@@H](N)C(C)C)C(=O)N[C@@H](CCCN)C(=O)N[C@@H](C)C(=O)N[C@H](C(=O)N[C@@H](CCCN=C(N)N)C(=O)N[C@H](C(=O)N[C@@H](Cc1c[nH]c2ccccc12)C(=O)N[C@@H](CCCN=C(N)N)C(=O)N[C@@H](CCCN=C(N)N)C(N)=O)[C@@H](C)CC)C(C)C. The maximum absolute atomic E-state index is 15.0. The van der Waals surface area contributed by atoms with Gasteiger partial charge in [0.2, 0.25) is 70.9 Å². The molecule has 1 aromatic carbocycles. The molecule has 0 saturated heterocycles. The van der Waals surface area contributed by atoms with Crippen LogP contribution in [0.1, 0.15) is 165 Å². The Morgan fingerprint density at radius 2 is 0.736 bits per heavy atom. The molecule has 0 aliphatic carbocycles. The van der Waals surface area contributed by atoms with Crippen molar-refractivity contribution in [3.8, 4) is 0 Å². The molecule has 0 unspecified atom stereocenters. The van der Waals surface area contributed by atoms with E-state index >= 15 is 0 Å². The highest BCUT2D eigenvalue weighted by Gasteiger charge is 2.39. The Morgan fingerprint density at radius 3 is 1.15 bits per heavy atom. The van der Waals surface area contributed by atoms with Gasteiger partial charge in [0.25, 0.3) is 0 Å². The number of carbonyl (C=O) groups excluding carboxylic acids is 12. The van der Waals surface area contributed by atoms with Crippen LogP contribution in [0.5, 0.6) is 0 Å². The van der Waals surface area contributed by atoms with Gasteiger partial charge in [-0.1, -0.05) is 100 Å². The highest BCUT2D eigenvalue weighted by atomic mass is 16.2. The number of para-hydroxylation sites is 1. The lowest BCUT2D eigenvalue weighted by Crippen LogP contribution is -2.62. The van der Waals surface area contributed by atoms with E-state index in [1.807, 2.05) is 26.0 Å². The van der Waals surface area contributed by atoms with E-state index in [-0.39, 0.29) is 145 Å². The van der Waals surface area contributed by atoms with E-state index in [1.165, 1.54) is 6.92 Å². The fraction of sp³-hybridized carbons (Fsp3) is 0.662. The molecule has 1 aromatic heterocycles. The van der Waals surface area contributed by atoms with Gasteiger partial charge in [-0.15, -0.1) is 0 Å². The van der Waals surface area contributed by atoms with E-state index in [2.05, 4.69) is 83.4 Å². The van der Waals surface area contributed by atoms with E-state index in [0.29, 0.717) is 29.3 Å². The molecule has 0 spiro atoms. The number of aromatic nitrogens is 1. The van der Waals surface area contributed by atoms with Gasteiger partial charge >= 0.3 is 0 Å². The summed E-state index contributed by atoms with van der Waals surface area (Å²) in [6.07, 6.45) is 3.17. The third-order valence-corrected chi connectivity index (χ3v) is 18.3.